The highest BCUT2D eigenvalue weighted by atomic mass is 35.5. The minimum Gasteiger partial charge on any atom is -0.379 e. The van der Waals surface area contributed by atoms with Gasteiger partial charge in [-0.2, -0.15) is 17.0 Å². The molecular formula is C11H21ClN2O3S. The van der Waals surface area contributed by atoms with Crippen LogP contribution in [-0.2, 0) is 14.9 Å². The third-order valence-electron chi connectivity index (χ3n) is 3.77. The minimum atomic E-state index is -3.39. The van der Waals surface area contributed by atoms with E-state index >= 15 is 0 Å². The summed E-state index contributed by atoms with van der Waals surface area (Å²) < 4.78 is 33.1. The zero-order valence-electron chi connectivity index (χ0n) is 10.7. The molecule has 2 atom stereocenters. The first-order valence-electron chi connectivity index (χ1n) is 6.48. The van der Waals surface area contributed by atoms with Gasteiger partial charge in [-0.3, -0.25) is 0 Å². The molecule has 0 N–H and O–H groups in total. The van der Waals surface area contributed by atoms with E-state index in [1.807, 2.05) is 0 Å². The minimum absolute atomic E-state index is 0.0698. The van der Waals surface area contributed by atoms with Gasteiger partial charge in [-0.25, -0.2) is 0 Å². The van der Waals surface area contributed by atoms with E-state index in [2.05, 4.69) is 0 Å². The van der Waals surface area contributed by atoms with Crippen LogP contribution in [0.3, 0.4) is 0 Å². The largest absolute Gasteiger partial charge is 0.379 e. The zero-order chi connectivity index (χ0) is 13.2. The molecule has 1 saturated heterocycles. The number of hydrogen-bond acceptors (Lipinski definition) is 3. The van der Waals surface area contributed by atoms with E-state index in [-0.39, 0.29) is 11.4 Å². The van der Waals surface area contributed by atoms with E-state index in [9.17, 15) is 8.42 Å². The molecule has 1 aliphatic carbocycles. The van der Waals surface area contributed by atoms with E-state index < -0.39 is 10.2 Å². The van der Waals surface area contributed by atoms with Crippen LogP contribution in [0, 0.1) is 0 Å². The van der Waals surface area contributed by atoms with Crippen LogP contribution in [0.1, 0.15) is 25.7 Å². The topological polar surface area (TPSA) is 49.9 Å². The van der Waals surface area contributed by atoms with Gasteiger partial charge in [0.15, 0.2) is 0 Å². The molecule has 0 aromatic heterocycles. The fourth-order valence-electron chi connectivity index (χ4n) is 2.61. The van der Waals surface area contributed by atoms with Crippen molar-refractivity contribution in [3.63, 3.8) is 0 Å². The summed E-state index contributed by atoms with van der Waals surface area (Å²) in [6.07, 6.45) is 3.90. The number of ether oxygens (including phenoxy) is 1. The van der Waals surface area contributed by atoms with Gasteiger partial charge in [0.25, 0.3) is 10.2 Å². The quantitative estimate of drug-likeness (QED) is 0.731. The maximum Gasteiger partial charge on any atom is 0.282 e. The first kappa shape index (κ1) is 14.5. The van der Waals surface area contributed by atoms with Gasteiger partial charge in [0.1, 0.15) is 0 Å². The van der Waals surface area contributed by atoms with Crippen LogP contribution >= 0.6 is 11.6 Å². The van der Waals surface area contributed by atoms with Crippen molar-refractivity contribution >= 4 is 21.8 Å². The number of rotatable bonds is 3. The molecule has 0 amide bonds. The molecule has 0 bridgehead atoms. The van der Waals surface area contributed by atoms with Crippen molar-refractivity contribution < 1.29 is 13.2 Å². The van der Waals surface area contributed by atoms with Crippen molar-refractivity contribution in [1.29, 1.82) is 0 Å². The predicted octanol–water partition coefficient (Wildman–Crippen LogP) is 1.05. The van der Waals surface area contributed by atoms with Gasteiger partial charge in [-0.1, -0.05) is 12.8 Å². The third-order valence-corrected chi connectivity index (χ3v) is 6.30. The van der Waals surface area contributed by atoms with Crippen molar-refractivity contribution in [2.24, 2.45) is 0 Å². The van der Waals surface area contributed by atoms with Crippen molar-refractivity contribution in [3.8, 4) is 0 Å². The van der Waals surface area contributed by atoms with E-state index in [1.165, 1.54) is 8.61 Å². The third kappa shape index (κ3) is 2.99. The molecule has 106 valence electrons. The highest BCUT2D eigenvalue weighted by molar-refractivity contribution is 7.86. The van der Waals surface area contributed by atoms with E-state index in [4.69, 9.17) is 16.3 Å². The molecule has 2 aliphatic rings. The summed E-state index contributed by atoms with van der Waals surface area (Å²) in [5.41, 5.74) is 0. The van der Waals surface area contributed by atoms with Gasteiger partial charge in [0, 0.05) is 26.2 Å². The second-order valence-electron chi connectivity index (χ2n) is 4.90. The molecule has 5 nitrogen and oxygen atoms in total. The summed E-state index contributed by atoms with van der Waals surface area (Å²) in [4.78, 5) is 0. The van der Waals surface area contributed by atoms with Crippen molar-refractivity contribution in [3.05, 3.63) is 0 Å². The Labute approximate surface area is 114 Å². The van der Waals surface area contributed by atoms with Crippen LogP contribution in [0.25, 0.3) is 0 Å². The lowest BCUT2D eigenvalue weighted by molar-refractivity contribution is 0.0694. The molecule has 1 aliphatic heterocycles. The second kappa shape index (κ2) is 6.05. The lowest BCUT2D eigenvalue weighted by Crippen LogP contribution is -2.52. The van der Waals surface area contributed by atoms with Gasteiger partial charge in [0.2, 0.25) is 0 Å². The Morgan fingerprint density at radius 2 is 1.83 bits per heavy atom. The fourth-order valence-corrected chi connectivity index (χ4v) is 4.69. The Bertz CT molecular complexity index is 370. The van der Waals surface area contributed by atoms with Crippen LogP contribution in [0.2, 0.25) is 0 Å². The molecule has 2 rings (SSSR count). The molecule has 1 saturated carbocycles. The number of hydrogen-bond donors (Lipinski definition) is 0. The molecule has 18 heavy (non-hydrogen) atoms. The smallest absolute Gasteiger partial charge is 0.282 e. The summed E-state index contributed by atoms with van der Waals surface area (Å²) in [5, 5.41) is -0.0698. The van der Waals surface area contributed by atoms with E-state index in [0.717, 1.165) is 25.7 Å². The summed E-state index contributed by atoms with van der Waals surface area (Å²) in [5.74, 6) is 0. The Hall–Kier alpha value is 0.120. The average Bonchev–Trinajstić information content (AvgIpc) is 2.39. The standard InChI is InChI=1S/C11H21ClN2O3S/c1-13(11-5-3-2-4-10(11)12)18(15,16)14-6-8-17-9-7-14/h10-11H,2-9H2,1H3. The lowest BCUT2D eigenvalue weighted by atomic mass is 9.95. The Balaban J connectivity index is 2.07. The maximum absolute atomic E-state index is 12.5. The fraction of sp³-hybridized carbons (Fsp3) is 1.00. The van der Waals surface area contributed by atoms with Crippen LogP contribution in [-0.4, -0.2) is 61.8 Å². The highest BCUT2D eigenvalue weighted by Crippen LogP contribution is 2.28. The summed E-state index contributed by atoms with van der Waals surface area (Å²) in [6.45, 7) is 1.82. The van der Waals surface area contributed by atoms with E-state index in [1.54, 1.807) is 7.05 Å². The maximum atomic E-state index is 12.5. The summed E-state index contributed by atoms with van der Waals surface area (Å²) in [7, 11) is -1.74. The number of morpholine rings is 1. The normalized spacial score (nSPS) is 31.7. The van der Waals surface area contributed by atoms with Crippen LogP contribution in [0.15, 0.2) is 0 Å². The van der Waals surface area contributed by atoms with Crippen molar-refractivity contribution in [1.82, 2.24) is 8.61 Å². The van der Waals surface area contributed by atoms with Gasteiger partial charge in [-0.05, 0) is 12.8 Å². The van der Waals surface area contributed by atoms with Gasteiger partial charge in [-0.15, -0.1) is 11.6 Å². The predicted molar refractivity (Wildman–Crippen MR) is 71.0 cm³/mol. The lowest BCUT2D eigenvalue weighted by Gasteiger charge is -2.37. The molecule has 0 radical (unpaired) electrons. The monoisotopic (exact) mass is 296 g/mol. The molecule has 0 aromatic carbocycles. The molecule has 2 fully saturated rings. The zero-order valence-corrected chi connectivity index (χ0v) is 12.3. The molecule has 0 aromatic rings. The molecular weight excluding hydrogens is 276 g/mol. The Morgan fingerprint density at radius 1 is 1.22 bits per heavy atom. The molecule has 7 heteroatoms. The SMILES string of the molecule is CN(C1CCCCC1Cl)S(=O)(=O)N1CCOCC1. The van der Waals surface area contributed by atoms with Gasteiger partial charge < -0.3 is 4.74 Å². The van der Waals surface area contributed by atoms with Gasteiger partial charge in [0.05, 0.1) is 18.6 Å². The molecule has 1 heterocycles. The van der Waals surface area contributed by atoms with Crippen LogP contribution in [0.4, 0.5) is 0 Å². The number of halogens is 1. The number of nitrogens with zero attached hydrogens (tertiary/aromatic N) is 2. The molecule has 0 spiro atoms. The first-order valence-corrected chi connectivity index (χ1v) is 8.32. The van der Waals surface area contributed by atoms with Crippen molar-refractivity contribution in [2.75, 3.05) is 33.4 Å². The first-order chi connectivity index (χ1) is 8.53. The van der Waals surface area contributed by atoms with Crippen LogP contribution < -0.4 is 0 Å². The summed E-state index contributed by atoms with van der Waals surface area (Å²) in [6, 6.07) is -0.0757. The van der Waals surface area contributed by atoms with Crippen molar-refractivity contribution in [2.45, 2.75) is 37.1 Å². The Morgan fingerprint density at radius 3 is 2.44 bits per heavy atom. The van der Waals surface area contributed by atoms with E-state index in [0.29, 0.717) is 26.3 Å². The average molecular weight is 297 g/mol. The molecule has 2 unspecified atom stereocenters. The van der Waals surface area contributed by atoms with Gasteiger partial charge >= 0.3 is 0 Å². The Kier molecular flexibility index (Phi) is 4.88. The number of alkyl halides is 1. The van der Waals surface area contributed by atoms with Crippen LogP contribution in [0.5, 0.6) is 0 Å². The summed E-state index contributed by atoms with van der Waals surface area (Å²) >= 11 is 6.27. The second-order valence-corrected chi connectivity index (χ2v) is 7.45. The highest BCUT2D eigenvalue weighted by Gasteiger charge is 2.37.